The van der Waals surface area contributed by atoms with Crippen LogP contribution in [0.25, 0.3) is 0 Å². The standard InChI is InChI=1S/C14H23N3O/c1-10-5-3-6-11(9-10)13(17-15)12-7-4-8-16-14(12)18-2/h4,7-8,10-11,13,17H,3,5-6,9,15H2,1-2H3. The van der Waals surface area contributed by atoms with Crippen molar-refractivity contribution in [1.29, 1.82) is 0 Å². The number of pyridine rings is 1. The molecule has 100 valence electrons. The lowest BCUT2D eigenvalue weighted by Crippen LogP contribution is -2.36. The van der Waals surface area contributed by atoms with E-state index in [1.807, 2.05) is 6.07 Å². The van der Waals surface area contributed by atoms with E-state index in [9.17, 15) is 0 Å². The lowest BCUT2D eigenvalue weighted by molar-refractivity contribution is 0.220. The van der Waals surface area contributed by atoms with Crippen molar-refractivity contribution in [3.63, 3.8) is 0 Å². The fourth-order valence-electron chi connectivity index (χ4n) is 3.07. The molecule has 1 saturated carbocycles. The van der Waals surface area contributed by atoms with Gasteiger partial charge in [0.05, 0.1) is 13.2 Å². The number of hydrogen-bond donors (Lipinski definition) is 2. The first kappa shape index (κ1) is 13.3. The number of nitrogens with zero attached hydrogens (tertiary/aromatic N) is 1. The van der Waals surface area contributed by atoms with Crippen molar-refractivity contribution in [3.05, 3.63) is 23.9 Å². The molecule has 18 heavy (non-hydrogen) atoms. The van der Waals surface area contributed by atoms with Crippen LogP contribution in [0.1, 0.15) is 44.2 Å². The second kappa shape index (κ2) is 6.16. The van der Waals surface area contributed by atoms with E-state index in [1.54, 1.807) is 13.3 Å². The van der Waals surface area contributed by atoms with Crippen LogP contribution in [0.3, 0.4) is 0 Å². The fourth-order valence-corrected chi connectivity index (χ4v) is 3.07. The molecule has 1 aliphatic rings. The number of methoxy groups -OCH3 is 1. The largest absolute Gasteiger partial charge is 0.481 e. The van der Waals surface area contributed by atoms with E-state index in [4.69, 9.17) is 10.6 Å². The first-order chi connectivity index (χ1) is 8.76. The van der Waals surface area contributed by atoms with E-state index in [2.05, 4.69) is 23.4 Å². The van der Waals surface area contributed by atoms with Crippen LogP contribution >= 0.6 is 0 Å². The van der Waals surface area contributed by atoms with Crippen LogP contribution in [0.5, 0.6) is 5.88 Å². The Morgan fingerprint density at radius 1 is 1.50 bits per heavy atom. The van der Waals surface area contributed by atoms with Crippen molar-refractivity contribution in [2.45, 2.75) is 38.6 Å². The third-order valence-electron chi connectivity index (χ3n) is 3.96. The summed E-state index contributed by atoms with van der Waals surface area (Å²) in [5, 5.41) is 0. The van der Waals surface area contributed by atoms with Gasteiger partial charge in [-0.15, -0.1) is 0 Å². The Labute approximate surface area is 109 Å². The van der Waals surface area contributed by atoms with Crippen LogP contribution in [-0.2, 0) is 0 Å². The number of hydrazine groups is 1. The Hall–Kier alpha value is -1.13. The second-order valence-electron chi connectivity index (χ2n) is 5.28. The van der Waals surface area contributed by atoms with Gasteiger partial charge in [-0.3, -0.25) is 11.3 Å². The summed E-state index contributed by atoms with van der Waals surface area (Å²) in [5.74, 6) is 7.80. The van der Waals surface area contributed by atoms with Gasteiger partial charge < -0.3 is 4.74 Å². The first-order valence-electron chi connectivity index (χ1n) is 6.71. The number of nitrogens with one attached hydrogen (secondary N) is 1. The molecule has 4 nitrogen and oxygen atoms in total. The molecule has 0 aliphatic heterocycles. The molecule has 1 fully saturated rings. The van der Waals surface area contributed by atoms with Gasteiger partial charge in [-0.1, -0.05) is 25.8 Å². The molecule has 3 atom stereocenters. The second-order valence-corrected chi connectivity index (χ2v) is 5.28. The average Bonchev–Trinajstić information content (AvgIpc) is 2.40. The molecular formula is C14H23N3O. The maximum atomic E-state index is 5.77. The maximum Gasteiger partial charge on any atom is 0.217 e. The molecule has 0 saturated heterocycles. The van der Waals surface area contributed by atoms with E-state index in [1.165, 1.54) is 25.7 Å². The number of aromatic nitrogens is 1. The van der Waals surface area contributed by atoms with Gasteiger partial charge in [0.25, 0.3) is 0 Å². The highest BCUT2D eigenvalue weighted by molar-refractivity contribution is 5.29. The normalized spacial score (nSPS) is 25.7. The van der Waals surface area contributed by atoms with E-state index in [-0.39, 0.29) is 6.04 Å². The Bertz CT molecular complexity index is 383. The molecule has 1 heterocycles. The summed E-state index contributed by atoms with van der Waals surface area (Å²) >= 11 is 0. The molecule has 1 aromatic rings. The minimum absolute atomic E-state index is 0.136. The van der Waals surface area contributed by atoms with Gasteiger partial charge in [-0.05, 0) is 30.7 Å². The van der Waals surface area contributed by atoms with Gasteiger partial charge in [-0.2, -0.15) is 0 Å². The highest BCUT2D eigenvalue weighted by atomic mass is 16.5. The third kappa shape index (κ3) is 2.82. The molecule has 0 radical (unpaired) electrons. The number of rotatable bonds is 4. The van der Waals surface area contributed by atoms with E-state index < -0.39 is 0 Å². The molecule has 2 rings (SSSR count). The summed E-state index contributed by atoms with van der Waals surface area (Å²) in [7, 11) is 1.66. The van der Waals surface area contributed by atoms with E-state index in [0.717, 1.165) is 11.5 Å². The summed E-state index contributed by atoms with van der Waals surface area (Å²) in [5.41, 5.74) is 4.03. The number of nitrogens with two attached hydrogens (primary N) is 1. The summed E-state index contributed by atoms with van der Waals surface area (Å²) < 4.78 is 5.34. The lowest BCUT2D eigenvalue weighted by atomic mass is 9.77. The molecule has 0 aromatic carbocycles. The molecule has 3 unspecified atom stereocenters. The van der Waals surface area contributed by atoms with Crippen LogP contribution in [0.15, 0.2) is 18.3 Å². The molecular weight excluding hydrogens is 226 g/mol. The Balaban J connectivity index is 2.21. The molecule has 1 aromatic heterocycles. The lowest BCUT2D eigenvalue weighted by Gasteiger charge is -2.33. The van der Waals surface area contributed by atoms with Crippen LogP contribution < -0.4 is 16.0 Å². The maximum absolute atomic E-state index is 5.77. The van der Waals surface area contributed by atoms with Gasteiger partial charge >= 0.3 is 0 Å². The predicted molar refractivity (Wildman–Crippen MR) is 72.0 cm³/mol. The van der Waals surface area contributed by atoms with Crippen molar-refractivity contribution in [2.24, 2.45) is 17.7 Å². The summed E-state index contributed by atoms with van der Waals surface area (Å²) in [4.78, 5) is 4.26. The number of hydrogen-bond acceptors (Lipinski definition) is 4. The van der Waals surface area contributed by atoms with Crippen molar-refractivity contribution in [3.8, 4) is 5.88 Å². The third-order valence-corrected chi connectivity index (χ3v) is 3.96. The Kier molecular flexibility index (Phi) is 4.55. The molecule has 0 bridgehead atoms. The number of ether oxygens (including phenoxy) is 1. The highest BCUT2D eigenvalue weighted by Gasteiger charge is 2.29. The molecule has 3 N–H and O–H groups in total. The fraction of sp³-hybridized carbons (Fsp3) is 0.643. The quantitative estimate of drug-likeness (QED) is 0.635. The molecule has 4 heteroatoms. The highest BCUT2D eigenvalue weighted by Crippen LogP contribution is 2.38. The molecule has 1 aliphatic carbocycles. The predicted octanol–water partition coefficient (Wildman–Crippen LogP) is 2.42. The summed E-state index contributed by atoms with van der Waals surface area (Å²) in [6, 6.07) is 4.13. The van der Waals surface area contributed by atoms with Crippen molar-refractivity contribution >= 4 is 0 Å². The van der Waals surface area contributed by atoms with Crippen molar-refractivity contribution in [1.82, 2.24) is 10.4 Å². The zero-order valence-electron chi connectivity index (χ0n) is 11.2. The van der Waals surface area contributed by atoms with Crippen molar-refractivity contribution < 1.29 is 4.74 Å². The SMILES string of the molecule is COc1ncccc1C(NN)C1CCCC(C)C1. The van der Waals surface area contributed by atoms with Gasteiger partial charge in [-0.25, -0.2) is 4.98 Å². The van der Waals surface area contributed by atoms with Crippen LogP contribution in [-0.4, -0.2) is 12.1 Å². The Morgan fingerprint density at radius 3 is 3.00 bits per heavy atom. The van der Waals surface area contributed by atoms with Crippen LogP contribution in [0, 0.1) is 11.8 Å². The van der Waals surface area contributed by atoms with Crippen molar-refractivity contribution in [2.75, 3.05) is 7.11 Å². The first-order valence-corrected chi connectivity index (χ1v) is 6.71. The van der Waals surface area contributed by atoms with Crippen LogP contribution in [0.4, 0.5) is 0 Å². The summed E-state index contributed by atoms with van der Waals surface area (Å²) in [6.45, 7) is 2.32. The van der Waals surface area contributed by atoms with Crippen LogP contribution in [0.2, 0.25) is 0 Å². The van der Waals surface area contributed by atoms with E-state index >= 15 is 0 Å². The topological polar surface area (TPSA) is 60.2 Å². The van der Waals surface area contributed by atoms with E-state index in [0.29, 0.717) is 11.8 Å². The van der Waals surface area contributed by atoms with Gasteiger partial charge in [0.15, 0.2) is 0 Å². The molecule has 0 spiro atoms. The van der Waals surface area contributed by atoms with Gasteiger partial charge in [0, 0.05) is 11.8 Å². The zero-order valence-corrected chi connectivity index (χ0v) is 11.2. The van der Waals surface area contributed by atoms with Gasteiger partial charge in [0.2, 0.25) is 5.88 Å². The Morgan fingerprint density at radius 2 is 2.33 bits per heavy atom. The minimum atomic E-state index is 0.136. The monoisotopic (exact) mass is 249 g/mol. The average molecular weight is 249 g/mol. The summed E-state index contributed by atoms with van der Waals surface area (Å²) in [6.07, 6.45) is 6.80. The molecule has 0 amide bonds. The zero-order chi connectivity index (χ0) is 13.0. The smallest absolute Gasteiger partial charge is 0.217 e. The minimum Gasteiger partial charge on any atom is -0.481 e. The van der Waals surface area contributed by atoms with Gasteiger partial charge in [0.1, 0.15) is 0 Å².